The molecular weight excluding hydrogens is 288 g/mol. The molecule has 2 aromatic rings. The van der Waals surface area contributed by atoms with Gasteiger partial charge in [-0.05, 0) is 25.0 Å². The summed E-state index contributed by atoms with van der Waals surface area (Å²) in [6.07, 6.45) is 5.40. The van der Waals surface area contributed by atoms with Crippen molar-refractivity contribution >= 4 is 28.1 Å². The van der Waals surface area contributed by atoms with Crippen LogP contribution in [0.3, 0.4) is 0 Å². The summed E-state index contributed by atoms with van der Waals surface area (Å²) in [7, 11) is 0. The van der Waals surface area contributed by atoms with Gasteiger partial charge in [-0.3, -0.25) is 5.32 Å². The van der Waals surface area contributed by atoms with Gasteiger partial charge in [0.05, 0.1) is 12.8 Å². The summed E-state index contributed by atoms with van der Waals surface area (Å²) in [6.45, 7) is 3.24. The van der Waals surface area contributed by atoms with Crippen molar-refractivity contribution in [1.82, 2.24) is 15.1 Å². The van der Waals surface area contributed by atoms with Crippen LogP contribution in [0.5, 0.6) is 0 Å². The van der Waals surface area contributed by atoms with Gasteiger partial charge in [0.2, 0.25) is 5.13 Å². The third kappa shape index (κ3) is 3.13. The predicted molar refractivity (Wildman–Crippen MR) is 81.2 cm³/mol. The molecule has 0 aromatic carbocycles. The molecule has 0 radical (unpaired) electrons. The van der Waals surface area contributed by atoms with Crippen LogP contribution in [0.1, 0.15) is 24.1 Å². The molecule has 0 aliphatic carbocycles. The van der Waals surface area contributed by atoms with Crippen molar-refractivity contribution in [2.45, 2.75) is 19.8 Å². The van der Waals surface area contributed by atoms with Crippen LogP contribution in [-0.4, -0.2) is 34.2 Å². The Bertz CT molecular complexity index is 648. The fourth-order valence-electron chi connectivity index (χ4n) is 2.17. The van der Waals surface area contributed by atoms with Crippen LogP contribution in [0.4, 0.5) is 9.93 Å². The predicted octanol–water partition coefficient (Wildman–Crippen LogP) is 3.01. The summed E-state index contributed by atoms with van der Waals surface area (Å²) >= 11 is 1.41. The number of anilines is 1. The monoisotopic (exact) mass is 304 g/mol. The molecule has 110 valence electrons. The van der Waals surface area contributed by atoms with E-state index in [2.05, 4.69) is 21.6 Å². The molecule has 7 heteroatoms. The standard InChI is InChI=1S/C14H16N4O2S/c1-2-12-16-17-13(21-12)15-14(19)18-7-3-5-10(9-18)11-6-4-8-20-11/h4-6,8H,2-3,7,9H2,1H3,(H,15,17,19). The second-order valence-corrected chi connectivity index (χ2v) is 5.76. The van der Waals surface area contributed by atoms with E-state index in [-0.39, 0.29) is 6.03 Å². The molecule has 0 atom stereocenters. The zero-order chi connectivity index (χ0) is 14.7. The summed E-state index contributed by atoms with van der Waals surface area (Å²) in [6, 6.07) is 3.61. The third-order valence-corrected chi connectivity index (χ3v) is 4.24. The Kier molecular flexibility index (Phi) is 4.01. The Hall–Kier alpha value is -2.15. The molecule has 0 fully saturated rings. The summed E-state index contributed by atoms with van der Waals surface area (Å²) in [5.41, 5.74) is 1.04. The Morgan fingerprint density at radius 3 is 3.14 bits per heavy atom. The van der Waals surface area contributed by atoms with Crippen molar-refractivity contribution < 1.29 is 9.21 Å². The van der Waals surface area contributed by atoms with E-state index in [1.807, 2.05) is 19.1 Å². The summed E-state index contributed by atoms with van der Waals surface area (Å²) in [4.78, 5) is 14.0. The lowest BCUT2D eigenvalue weighted by molar-refractivity contribution is 0.217. The van der Waals surface area contributed by atoms with E-state index in [0.717, 1.165) is 29.2 Å². The van der Waals surface area contributed by atoms with Crippen LogP contribution >= 0.6 is 11.3 Å². The number of hydrogen-bond acceptors (Lipinski definition) is 5. The zero-order valence-corrected chi connectivity index (χ0v) is 12.5. The minimum atomic E-state index is -0.147. The molecule has 2 amide bonds. The van der Waals surface area contributed by atoms with Gasteiger partial charge >= 0.3 is 6.03 Å². The van der Waals surface area contributed by atoms with Crippen LogP contribution in [0.2, 0.25) is 0 Å². The highest BCUT2D eigenvalue weighted by molar-refractivity contribution is 7.15. The molecule has 21 heavy (non-hydrogen) atoms. The van der Waals surface area contributed by atoms with Gasteiger partial charge in [0.1, 0.15) is 10.8 Å². The van der Waals surface area contributed by atoms with Crippen LogP contribution in [0.25, 0.3) is 5.57 Å². The second kappa shape index (κ2) is 6.09. The molecule has 0 saturated carbocycles. The van der Waals surface area contributed by atoms with Gasteiger partial charge in [0, 0.05) is 12.1 Å². The molecule has 2 aromatic heterocycles. The Morgan fingerprint density at radius 1 is 1.52 bits per heavy atom. The highest BCUT2D eigenvalue weighted by Gasteiger charge is 2.21. The van der Waals surface area contributed by atoms with Gasteiger partial charge < -0.3 is 9.32 Å². The van der Waals surface area contributed by atoms with Crippen molar-refractivity contribution in [3.63, 3.8) is 0 Å². The average Bonchev–Trinajstić information content (AvgIpc) is 3.18. The molecule has 0 bridgehead atoms. The van der Waals surface area contributed by atoms with Gasteiger partial charge in [-0.15, -0.1) is 10.2 Å². The Balaban J connectivity index is 1.64. The first kappa shape index (κ1) is 13.8. The topological polar surface area (TPSA) is 71.3 Å². The minimum Gasteiger partial charge on any atom is -0.465 e. The largest absolute Gasteiger partial charge is 0.465 e. The van der Waals surface area contributed by atoms with E-state index >= 15 is 0 Å². The number of rotatable bonds is 3. The van der Waals surface area contributed by atoms with Crippen molar-refractivity contribution in [2.24, 2.45) is 0 Å². The van der Waals surface area contributed by atoms with E-state index in [0.29, 0.717) is 18.2 Å². The number of furan rings is 1. The van der Waals surface area contributed by atoms with E-state index in [9.17, 15) is 4.79 Å². The van der Waals surface area contributed by atoms with Crippen molar-refractivity contribution in [2.75, 3.05) is 18.4 Å². The first-order valence-corrected chi connectivity index (χ1v) is 7.69. The van der Waals surface area contributed by atoms with E-state index in [4.69, 9.17) is 4.42 Å². The number of aromatic nitrogens is 2. The summed E-state index contributed by atoms with van der Waals surface area (Å²) in [5.74, 6) is 0.816. The normalized spacial score (nSPS) is 14.9. The first-order chi connectivity index (χ1) is 10.3. The van der Waals surface area contributed by atoms with E-state index < -0.39 is 0 Å². The Labute approximate surface area is 126 Å². The molecule has 0 saturated heterocycles. The van der Waals surface area contributed by atoms with Gasteiger partial charge in [0.15, 0.2) is 0 Å². The van der Waals surface area contributed by atoms with Gasteiger partial charge in [-0.25, -0.2) is 4.79 Å². The van der Waals surface area contributed by atoms with E-state index in [1.165, 1.54) is 11.3 Å². The van der Waals surface area contributed by atoms with Crippen molar-refractivity contribution in [3.05, 3.63) is 35.2 Å². The highest BCUT2D eigenvalue weighted by Crippen LogP contribution is 2.22. The quantitative estimate of drug-likeness (QED) is 0.946. The molecular formula is C14H16N4O2S. The lowest BCUT2D eigenvalue weighted by Gasteiger charge is -2.26. The van der Waals surface area contributed by atoms with Crippen molar-refractivity contribution in [3.8, 4) is 0 Å². The van der Waals surface area contributed by atoms with Crippen LogP contribution < -0.4 is 5.32 Å². The van der Waals surface area contributed by atoms with Crippen LogP contribution in [0, 0.1) is 0 Å². The maximum absolute atomic E-state index is 12.3. The molecule has 0 spiro atoms. The Morgan fingerprint density at radius 2 is 2.43 bits per heavy atom. The number of carbonyl (C=O) groups excluding carboxylic acids is 1. The summed E-state index contributed by atoms with van der Waals surface area (Å²) < 4.78 is 5.39. The SMILES string of the molecule is CCc1nnc(NC(=O)N2CCC=C(c3ccco3)C2)s1. The maximum atomic E-state index is 12.3. The molecule has 6 nitrogen and oxygen atoms in total. The smallest absolute Gasteiger partial charge is 0.324 e. The summed E-state index contributed by atoms with van der Waals surface area (Å²) in [5, 5.41) is 12.2. The lowest BCUT2D eigenvalue weighted by Crippen LogP contribution is -2.38. The first-order valence-electron chi connectivity index (χ1n) is 6.87. The molecule has 1 aliphatic heterocycles. The second-order valence-electron chi connectivity index (χ2n) is 4.70. The fraction of sp³-hybridized carbons (Fsp3) is 0.357. The number of nitrogens with zero attached hydrogens (tertiary/aromatic N) is 3. The van der Waals surface area contributed by atoms with Crippen molar-refractivity contribution in [1.29, 1.82) is 0 Å². The lowest BCUT2D eigenvalue weighted by atomic mass is 10.1. The van der Waals surface area contributed by atoms with Crippen LogP contribution in [-0.2, 0) is 6.42 Å². The van der Waals surface area contributed by atoms with Crippen LogP contribution in [0.15, 0.2) is 28.9 Å². The molecule has 1 N–H and O–H groups in total. The molecule has 0 unspecified atom stereocenters. The zero-order valence-electron chi connectivity index (χ0n) is 11.7. The van der Waals surface area contributed by atoms with E-state index in [1.54, 1.807) is 11.2 Å². The molecule has 3 rings (SSSR count). The number of carbonyl (C=O) groups is 1. The molecule has 3 heterocycles. The number of hydrogen-bond donors (Lipinski definition) is 1. The maximum Gasteiger partial charge on any atom is 0.324 e. The van der Waals surface area contributed by atoms with Gasteiger partial charge in [0.25, 0.3) is 0 Å². The fourth-order valence-corrected chi connectivity index (χ4v) is 2.84. The van der Waals surface area contributed by atoms with Gasteiger partial charge in [-0.1, -0.05) is 24.3 Å². The average molecular weight is 304 g/mol. The van der Waals surface area contributed by atoms with Gasteiger partial charge in [-0.2, -0.15) is 0 Å². The number of nitrogens with one attached hydrogen (secondary N) is 1. The highest BCUT2D eigenvalue weighted by atomic mass is 32.1. The third-order valence-electron chi connectivity index (χ3n) is 3.26. The number of amides is 2. The number of urea groups is 1. The number of aryl methyl sites for hydroxylation is 1. The molecule has 1 aliphatic rings. The minimum absolute atomic E-state index is 0.147.